The Hall–Kier alpha value is -1.19. The number of benzene rings is 1. The van der Waals surface area contributed by atoms with Crippen molar-refractivity contribution in [2.24, 2.45) is 5.73 Å². The van der Waals surface area contributed by atoms with E-state index in [-0.39, 0.29) is 24.7 Å². The van der Waals surface area contributed by atoms with Crippen LogP contribution < -0.4 is 15.2 Å². The first kappa shape index (κ1) is 19.8. The third-order valence-corrected chi connectivity index (χ3v) is 4.08. The van der Waals surface area contributed by atoms with E-state index in [0.29, 0.717) is 12.0 Å². The Kier molecular flexibility index (Phi) is 6.78. The van der Waals surface area contributed by atoms with Gasteiger partial charge in [-0.3, -0.25) is 0 Å². The van der Waals surface area contributed by atoms with Crippen molar-refractivity contribution in [2.45, 2.75) is 16.8 Å². The van der Waals surface area contributed by atoms with Gasteiger partial charge < -0.3 is 15.2 Å². The predicted molar refractivity (Wildman–Crippen MR) is 72.8 cm³/mol. The standard InChI is InChI=1S/C11H14F3NO4S.ClH/c1-18-8-6-10(20(16,17)11(12,13)14)9(19-2)5-7(8)3-4-15;/h5-6H,3-4,15H2,1-2H3;1H. The molecule has 0 unspecified atom stereocenters. The second-order valence-electron chi connectivity index (χ2n) is 3.80. The van der Waals surface area contributed by atoms with Gasteiger partial charge in [0.2, 0.25) is 0 Å². The van der Waals surface area contributed by atoms with Crippen LogP contribution in [0, 0.1) is 0 Å². The van der Waals surface area contributed by atoms with E-state index in [9.17, 15) is 21.6 Å². The summed E-state index contributed by atoms with van der Waals surface area (Å²) in [6.45, 7) is 0.227. The minimum absolute atomic E-state index is 0. The van der Waals surface area contributed by atoms with Crippen molar-refractivity contribution in [3.8, 4) is 11.5 Å². The lowest BCUT2D eigenvalue weighted by Crippen LogP contribution is -2.24. The van der Waals surface area contributed by atoms with Gasteiger partial charge in [0, 0.05) is 6.07 Å². The van der Waals surface area contributed by atoms with E-state index >= 15 is 0 Å². The summed E-state index contributed by atoms with van der Waals surface area (Å²) in [6, 6.07) is 1.98. The van der Waals surface area contributed by atoms with E-state index in [4.69, 9.17) is 15.2 Å². The summed E-state index contributed by atoms with van der Waals surface area (Å²) in [5.41, 5.74) is 0.424. The van der Waals surface area contributed by atoms with Crippen molar-refractivity contribution in [3.05, 3.63) is 17.7 Å². The summed E-state index contributed by atoms with van der Waals surface area (Å²) >= 11 is 0. The summed E-state index contributed by atoms with van der Waals surface area (Å²) in [7, 11) is -3.21. The average Bonchev–Trinajstić information content (AvgIpc) is 2.37. The van der Waals surface area contributed by atoms with Crippen molar-refractivity contribution < 1.29 is 31.1 Å². The third-order valence-electron chi connectivity index (χ3n) is 2.57. The molecule has 0 saturated heterocycles. The van der Waals surface area contributed by atoms with Crippen LogP contribution in [0.25, 0.3) is 0 Å². The van der Waals surface area contributed by atoms with Crippen LogP contribution >= 0.6 is 12.4 Å². The lowest BCUT2D eigenvalue weighted by atomic mass is 10.1. The Morgan fingerprint density at radius 2 is 1.67 bits per heavy atom. The molecule has 0 atom stereocenters. The quantitative estimate of drug-likeness (QED) is 0.878. The van der Waals surface area contributed by atoms with Gasteiger partial charge in [-0.15, -0.1) is 12.4 Å². The van der Waals surface area contributed by atoms with Crippen LogP contribution in [0.1, 0.15) is 5.56 Å². The Balaban J connectivity index is 0.00000400. The number of alkyl halides is 3. The highest BCUT2D eigenvalue weighted by Crippen LogP contribution is 2.39. The van der Waals surface area contributed by atoms with E-state index in [1.165, 1.54) is 13.2 Å². The van der Waals surface area contributed by atoms with Gasteiger partial charge in [0.05, 0.1) is 14.2 Å². The number of halogens is 4. The lowest BCUT2D eigenvalue weighted by molar-refractivity contribution is -0.0437. The maximum Gasteiger partial charge on any atom is 0.502 e. The number of methoxy groups -OCH3 is 2. The summed E-state index contributed by atoms with van der Waals surface area (Å²) < 4.78 is 70.5. The van der Waals surface area contributed by atoms with Gasteiger partial charge in [0.15, 0.2) is 0 Å². The minimum atomic E-state index is -5.52. The molecule has 0 amide bonds. The summed E-state index contributed by atoms with van der Waals surface area (Å²) in [6.07, 6.45) is 0.311. The van der Waals surface area contributed by atoms with E-state index < -0.39 is 26.0 Å². The molecule has 0 saturated carbocycles. The van der Waals surface area contributed by atoms with Gasteiger partial charge in [-0.25, -0.2) is 8.42 Å². The Morgan fingerprint density at radius 3 is 2.05 bits per heavy atom. The lowest BCUT2D eigenvalue weighted by Gasteiger charge is -2.16. The summed E-state index contributed by atoms with van der Waals surface area (Å²) in [4.78, 5) is -0.981. The fourth-order valence-electron chi connectivity index (χ4n) is 1.62. The fourth-order valence-corrected chi connectivity index (χ4v) is 2.54. The monoisotopic (exact) mass is 349 g/mol. The van der Waals surface area contributed by atoms with E-state index in [1.54, 1.807) is 0 Å². The number of rotatable bonds is 5. The molecule has 1 rings (SSSR count). The Morgan fingerprint density at radius 1 is 1.14 bits per heavy atom. The number of sulfone groups is 1. The second kappa shape index (κ2) is 7.19. The second-order valence-corrected chi connectivity index (χ2v) is 5.71. The molecule has 0 aromatic heterocycles. The first-order chi connectivity index (χ1) is 9.18. The molecule has 1 aromatic carbocycles. The smallest absolute Gasteiger partial charge is 0.496 e. The van der Waals surface area contributed by atoms with Crippen molar-refractivity contribution in [3.63, 3.8) is 0 Å². The first-order valence-corrected chi connectivity index (χ1v) is 6.93. The molecule has 0 heterocycles. The van der Waals surface area contributed by atoms with E-state index in [0.717, 1.165) is 13.2 Å². The molecule has 0 radical (unpaired) electrons. The summed E-state index contributed by atoms with van der Waals surface area (Å²) in [5, 5.41) is 0. The van der Waals surface area contributed by atoms with Gasteiger partial charge in [-0.1, -0.05) is 0 Å². The number of ether oxygens (including phenoxy) is 2. The van der Waals surface area contributed by atoms with Gasteiger partial charge in [0.1, 0.15) is 16.4 Å². The molecule has 2 N–H and O–H groups in total. The van der Waals surface area contributed by atoms with Crippen molar-refractivity contribution in [2.75, 3.05) is 20.8 Å². The average molecular weight is 350 g/mol. The molecule has 10 heteroatoms. The molecular weight excluding hydrogens is 335 g/mol. The molecule has 0 bridgehead atoms. The van der Waals surface area contributed by atoms with Crippen molar-refractivity contribution in [1.29, 1.82) is 0 Å². The molecule has 0 aliphatic rings. The molecular formula is C11H15ClF3NO4S. The van der Waals surface area contributed by atoms with Crippen LogP contribution in [0.5, 0.6) is 11.5 Å². The molecule has 0 spiro atoms. The van der Waals surface area contributed by atoms with E-state index in [2.05, 4.69) is 0 Å². The van der Waals surface area contributed by atoms with Gasteiger partial charge in [-0.2, -0.15) is 13.2 Å². The fraction of sp³-hybridized carbons (Fsp3) is 0.455. The normalized spacial score (nSPS) is 11.7. The van der Waals surface area contributed by atoms with Crippen LogP contribution in [0.3, 0.4) is 0 Å². The molecule has 122 valence electrons. The zero-order valence-corrected chi connectivity index (χ0v) is 12.9. The largest absolute Gasteiger partial charge is 0.502 e. The van der Waals surface area contributed by atoms with Crippen LogP contribution in [0.15, 0.2) is 17.0 Å². The zero-order chi connectivity index (χ0) is 15.6. The van der Waals surface area contributed by atoms with Gasteiger partial charge in [-0.05, 0) is 24.6 Å². The maximum atomic E-state index is 12.6. The SMILES string of the molecule is COc1cc(S(=O)(=O)C(F)(F)F)c(OC)cc1CCN.Cl. The minimum Gasteiger partial charge on any atom is -0.496 e. The van der Waals surface area contributed by atoms with Crippen molar-refractivity contribution >= 4 is 22.2 Å². The third kappa shape index (κ3) is 3.92. The zero-order valence-electron chi connectivity index (χ0n) is 11.2. The van der Waals surface area contributed by atoms with Gasteiger partial charge >= 0.3 is 5.51 Å². The Labute approximate surface area is 126 Å². The van der Waals surface area contributed by atoms with Crippen LogP contribution in [0.2, 0.25) is 0 Å². The van der Waals surface area contributed by atoms with Crippen LogP contribution in [0.4, 0.5) is 13.2 Å². The molecule has 21 heavy (non-hydrogen) atoms. The summed E-state index contributed by atoms with van der Waals surface area (Å²) in [5.74, 6) is -0.384. The van der Waals surface area contributed by atoms with Gasteiger partial charge in [0.25, 0.3) is 9.84 Å². The van der Waals surface area contributed by atoms with Crippen LogP contribution in [-0.4, -0.2) is 34.7 Å². The number of nitrogens with two attached hydrogens (primary N) is 1. The molecule has 0 fully saturated rings. The van der Waals surface area contributed by atoms with Crippen LogP contribution in [-0.2, 0) is 16.3 Å². The predicted octanol–water partition coefficient (Wildman–Crippen LogP) is 1.92. The van der Waals surface area contributed by atoms with Crippen molar-refractivity contribution in [1.82, 2.24) is 0 Å². The molecule has 0 aliphatic carbocycles. The highest BCUT2D eigenvalue weighted by molar-refractivity contribution is 7.92. The maximum absolute atomic E-state index is 12.6. The topological polar surface area (TPSA) is 78.6 Å². The molecule has 0 aliphatic heterocycles. The number of hydrogen-bond donors (Lipinski definition) is 1. The molecule has 5 nitrogen and oxygen atoms in total. The Bertz CT molecular complexity index is 590. The highest BCUT2D eigenvalue weighted by atomic mass is 35.5. The highest BCUT2D eigenvalue weighted by Gasteiger charge is 2.48. The first-order valence-electron chi connectivity index (χ1n) is 5.45. The molecule has 1 aromatic rings. The van der Waals surface area contributed by atoms with E-state index in [1.807, 2.05) is 0 Å². The number of hydrogen-bond acceptors (Lipinski definition) is 5.